The third-order valence-corrected chi connectivity index (χ3v) is 13.8. The summed E-state index contributed by atoms with van der Waals surface area (Å²) in [6, 6.07) is 13.7. The van der Waals surface area contributed by atoms with Gasteiger partial charge in [0.05, 0.1) is 65.7 Å². The summed E-state index contributed by atoms with van der Waals surface area (Å²) < 4.78 is 28.1. The quantitative estimate of drug-likeness (QED) is 0.108. The van der Waals surface area contributed by atoms with Crippen LogP contribution in [0.5, 0.6) is 11.5 Å². The van der Waals surface area contributed by atoms with Gasteiger partial charge in [-0.3, -0.25) is 9.59 Å². The van der Waals surface area contributed by atoms with E-state index < -0.39 is 5.97 Å². The summed E-state index contributed by atoms with van der Waals surface area (Å²) in [5.41, 5.74) is 6.23. The molecule has 0 aliphatic heterocycles. The number of carbonyl (C=O) groups excluding carboxylic acids is 1. The molecule has 4 N–H and O–H groups in total. The summed E-state index contributed by atoms with van der Waals surface area (Å²) in [5, 5.41) is 29.5. The SMILES string of the molecule is COc1cn2nccc2cc1Nc1ncnc2sc3c(c12)CC[C@H](C(=O)Nc1cccc(F)c1)C3.COc1cn2nccc2cc1Nc1ncnc2sc3c(c12)CC[C@H](C(=O)O)C3. The third-order valence-electron chi connectivity index (χ3n) is 11.4. The van der Waals surface area contributed by atoms with E-state index >= 15 is 0 Å². The van der Waals surface area contributed by atoms with Gasteiger partial charge < -0.3 is 30.5 Å². The molecule has 1 amide bonds. The van der Waals surface area contributed by atoms with Crippen molar-refractivity contribution >= 4 is 94.7 Å². The molecule has 2 atom stereocenters. The first-order valence-electron chi connectivity index (χ1n) is 20.1. The van der Waals surface area contributed by atoms with Crippen LogP contribution in [0.3, 0.4) is 0 Å². The van der Waals surface area contributed by atoms with Gasteiger partial charge in [0.2, 0.25) is 5.91 Å². The fraction of sp³-hybridized carbons (Fsp3) is 0.227. The van der Waals surface area contributed by atoms with Gasteiger partial charge in [-0.2, -0.15) is 10.2 Å². The van der Waals surface area contributed by atoms with E-state index in [1.807, 2.05) is 36.7 Å². The molecule has 0 fully saturated rings. The number of amides is 1. The monoisotopic (exact) mass is 883 g/mol. The molecule has 1 aromatic carbocycles. The summed E-state index contributed by atoms with van der Waals surface area (Å²) in [6.45, 7) is 0. The number of aryl methyl sites for hydroxylation is 2. The van der Waals surface area contributed by atoms with Gasteiger partial charge in [-0.25, -0.2) is 33.4 Å². The number of methoxy groups -OCH3 is 2. The maximum absolute atomic E-state index is 13.5. The zero-order valence-electron chi connectivity index (χ0n) is 33.8. The van der Waals surface area contributed by atoms with E-state index in [9.17, 15) is 19.1 Å². The first-order chi connectivity index (χ1) is 30.7. The number of aromatic nitrogens is 8. The maximum Gasteiger partial charge on any atom is 0.306 e. The summed E-state index contributed by atoms with van der Waals surface area (Å²) in [4.78, 5) is 46.2. The number of ether oxygens (including phenoxy) is 2. The average molecular weight is 884 g/mol. The summed E-state index contributed by atoms with van der Waals surface area (Å²) in [5.74, 6) is 0.996. The van der Waals surface area contributed by atoms with Crippen LogP contribution in [0.15, 0.2) is 86.0 Å². The van der Waals surface area contributed by atoms with E-state index in [1.165, 1.54) is 24.0 Å². The number of fused-ring (bicyclic) bond motifs is 8. The molecule has 16 nitrogen and oxygen atoms in total. The highest BCUT2D eigenvalue weighted by Gasteiger charge is 2.31. The van der Waals surface area contributed by atoms with Crippen molar-refractivity contribution < 1.29 is 28.6 Å². The summed E-state index contributed by atoms with van der Waals surface area (Å²) in [7, 11) is 3.23. The number of halogens is 1. The Bertz CT molecular complexity index is 3220. The number of hydrogen-bond acceptors (Lipinski definition) is 14. The predicted molar refractivity (Wildman–Crippen MR) is 239 cm³/mol. The predicted octanol–water partition coefficient (Wildman–Crippen LogP) is 8.25. The number of hydrogen-bond donors (Lipinski definition) is 4. The number of benzene rings is 1. The average Bonchev–Trinajstić information content (AvgIpc) is 4.10. The van der Waals surface area contributed by atoms with Crippen molar-refractivity contribution in [2.75, 3.05) is 30.2 Å². The Morgan fingerprint density at radius 3 is 1.81 bits per heavy atom. The number of nitrogens with zero attached hydrogens (tertiary/aromatic N) is 8. The van der Waals surface area contributed by atoms with Crippen LogP contribution in [0.1, 0.15) is 33.7 Å². The molecular weight excluding hydrogens is 846 g/mol. The molecule has 0 spiro atoms. The first kappa shape index (κ1) is 39.9. The molecule has 8 aromatic heterocycles. The lowest BCUT2D eigenvalue weighted by Gasteiger charge is -2.22. The van der Waals surface area contributed by atoms with Crippen LogP contribution >= 0.6 is 22.7 Å². The van der Waals surface area contributed by atoms with Crippen molar-refractivity contribution in [3.8, 4) is 11.5 Å². The molecule has 2 aliphatic carbocycles. The molecule has 63 heavy (non-hydrogen) atoms. The minimum absolute atomic E-state index is 0.0954. The Balaban J connectivity index is 0.000000153. The van der Waals surface area contributed by atoms with Gasteiger partial charge in [0.25, 0.3) is 0 Å². The van der Waals surface area contributed by atoms with E-state index in [0.29, 0.717) is 60.9 Å². The number of carboxylic acid groups (broad SMARTS) is 1. The van der Waals surface area contributed by atoms with Crippen molar-refractivity contribution in [1.29, 1.82) is 0 Å². The Kier molecular flexibility index (Phi) is 10.5. The molecule has 11 rings (SSSR count). The zero-order valence-corrected chi connectivity index (χ0v) is 35.5. The van der Waals surface area contributed by atoms with Crippen LogP contribution < -0.4 is 25.4 Å². The molecule has 0 saturated heterocycles. The van der Waals surface area contributed by atoms with Crippen molar-refractivity contribution in [1.82, 2.24) is 39.2 Å². The summed E-state index contributed by atoms with van der Waals surface area (Å²) >= 11 is 3.15. The highest BCUT2D eigenvalue weighted by atomic mass is 32.1. The molecule has 318 valence electrons. The number of rotatable bonds is 9. The van der Waals surface area contributed by atoms with Gasteiger partial charge in [0.1, 0.15) is 39.8 Å². The smallest absolute Gasteiger partial charge is 0.306 e. The second-order valence-corrected chi connectivity index (χ2v) is 17.4. The second kappa shape index (κ2) is 16.6. The Morgan fingerprint density at radius 2 is 1.29 bits per heavy atom. The summed E-state index contributed by atoms with van der Waals surface area (Å²) in [6.07, 6.45) is 14.1. The number of aliphatic carboxylic acids is 1. The van der Waals surface area contributed by atoms with Crippen LogP contribution in [0, 0.1) is 17.7 Å². The van der Waals surface area contributed by atoms with E-state index in [4.69, 9.17) is 9.47 Å². The van der Waals surface area contributed by atoms with Crippen molar-refractivity contribution in [2.24, 2.45) is 11.8 Å². The van der Waals surface area contributed by atoms with E-state index in [-0.39, 0.29) is 23.6 Å². The second-order valence-electron chi connectivity index (χ2n) is 15.2. The van der Waals surface area contributed by atoms with Gasteiger partial charge in [0, 0.05) is 33.8 Å². The minimum Gasteiger partial charge on any atom is -0.493 e. The van der Waals surface area contributed by atoms with Crippen LogP contribution in [-0.2, 0) is 35.3 Å². The van der Waals surface area contributed by atoms with Gasteiger partial charge in [0.15, 0.2) is 11.5 Å². The normalized spacial score (nSPS) is 15.7. The highest BCUT2D eigenvalue weighted by molar-refractivity contribution is 7.19. The molecule has 8 heterocycles. The standard InChI is InChI=1S/C25H21FN6O2S.C19H17N5O3S/c1-34-20-12-32-17(7-8-29-32)11-19(20)31-23-22-18-6-5-14(9-21(18)35-25(22)28-13-27-23)24(33)30-16-4-2-3-15(26)10-16;1-27-14-8-24-11(4-5-22-24)7-13(14)23-17-16-12-3-2-10(19(25)26)6-15(12)28-18(16)21-9-20-17/h2-4,7-8,10-14H,5-6,9H2,1H3,(H,30,33)(H,27,28,31);4-5,7-10H,2-3,6H2,1H3,(H,25,26)(H,20,21,23)/t14-;10-/m00/s1. The van der Waals surface area contributed by atoms with Gasteiger partial charge in [-0.1, -0.05) is 6.07 Å². The van der Waals surface area contributed by atoms with Crippen LogP contribution in [0.25, 0.3) is 31.5 Å². The van der Waals surface area contributed by atoms with Gasteiger partial charge >= 0.3 is 5.97 Å². The number of carbonyl (C=O) groups is 2. The van der Waals surface area contributed by atoms with E-state index in [1.54, 1.807) is 76.8 Å². The molecular formula is C44H38FN11O5S2. The largest absolute Gasteiger partial charge is 0.493 e. The topological polar surface area (TPSA) is 195 Å². The molecule has 0 unspecified atom stereocenters. The van der Waals surface area contributed by atoms with E-state index in [2.05, 4.69) is 46.1 Å². The van der Waals surface area contributed by atoms with Crippen LogP contribution in [-0.4, -0.2) is 70.4 Å². The Labute approximate surface area is 365 Å². The third kappa shape index (κ3) is 7.69. The number of nitrogens with one attached hydrogen (secondary N) is 3. The zero-order chi connectivity index (χ0) is 43.2. The lowest BCUT2D eigenvalue weighted by Crippen LogP contribution is -2.27. The fourth-order valence-electron chi connectivity index (χ4n) is 8.32. The van der Waals surface area contributed by atoms with Crippen molar-refractivity contribution in [3.63, 3.8) is 0 Å². The molecule has 0 radical (unpaired) electrons. The number of carboxylic acids is 1. The highest BCUT2D eigenvalue weighted by Crippen LogP contribution is 2.43. The maximum atomic E-state index is 13.5. The lowest BCUT2D eigenvalue weighted by molar-refractivity contribution is -0.142. The number of pyridine rings is 2. The minimum atomic E-state index is -0.730. The van der Waals surface area contributed by atoms with Gasteiger partial charge in [-0.15, -0.1) is 22.7 Å². The molecule has 9 aromatic rings. The lowest BCUT2D eigenvalue weighted by atomic mass is 9.87. The molecule has 19 heteroatoms. The van der Waals surface area contributed by atoms with E-state index in [0.717, 1.165) is 64.6 Å². The fourth-order valence-corrected chi connectivity index (χ4v) is 10.9. The molecule has 2 aliphatic rings. The first-order valence-corrected chi connectivity index (χ1v) is 21.7. The Hall–Kier alpha value is -7.25. The number of anilines is 5. The molecule has 0 bridgehead atoms. The Morgan fingerprint density at radius 1 is 0.746 bits per heavy atom. The van der Waals surface area contributed by atoms with Crippen molar-refractivity contribution in [2.45, 2.75) is 38.5 Å². The van der Waals surface area contributed by atoms with Gasteiger partial charge in [-0.05, 0) is 92.1 Å². The molecule has 0 saturated carbocycles. The van der Waals surface area contributed by atoms with Crippen molar-refractivity contribution in [3.05, 3.63) is 113 Å². The van der Waals surface area contributed by atoms with Crippen LogP contribution in [0.4, 0.5) is 33.1 Å². The van der Waals surface area contributed by atoms with Crippen LogP contribution in [0.2, 0.25) is 0 Å². The number of thiophene rings is 2.